The van der Waals surface area contributed by atoms with Gasteiger partial charge in [-0.15, -0.1) is 0 Å². The highest BCUT2D eigenvalue weighted by Crippen LogP contribution is 2.18. The molecule has 0 bridgehead atoms. The topological polar surface area (TPSA) is 59.7 Å². The molecule has 0 spiro atoms. The highest BCUT2D eigenvalue weighted by Gasteiger charge is 2.09. The summed E-state index contributed by atoms with van der Waals surface area (Å²) < 4.78 is 10.8. The lowest BCUT2D eigenvalue weighted by Gasteiger charge is -2.07. The summed E-state index contributed by atoms with van der Waals surface area (Å²) >= 11 is 0. The minimum Gasteiger partial charge on any atom is -0.486 e. The van der Waals surface area contributed by atoms with Crippen molar-refractivity contribution in [3.05, 3.63) is 89.4 Å². The van der Waals surface area contributed by atoms with E-state index >= 15 is 0 Å². The van der Waals surface area contributed by atoms with Crippen LogP contribution in [0.2, 0.25) is 0 Å². The van der Waals surface area contributed by atoms with Crippen molar-refractivity contribution in [3.63, 3.8) is 0 Å². The molecule has 0 atom stereocenters. The van der Waals surface area contributed by atoms with E-state index in [2.05, 4.69) is 18.2 Å². The van der Waals surface area contributed by atoms with Crippen LogP contribution in [-0.2, 0) is 13.0 Å². The zero-order chi connectivity index (χ0) is 16.1. The fourth-order valence-corrected chi connectivity index (χ4v) is 2.30. The molecule has 4 nitrogen and oxygen atoms in total. The fraction of sp³-hybridized carbons (Fsp3) is 0.105. The molecule has 0 aliphatic carbocycles. The number of rotatable bonds is 6. The molecule has 0 aliphatic heterocycles. The first-order chi connectivity index (χ1) is 11.2. The van der Waals surface area contributed by atoms with E-state index in [1.54, 1.807) is 6.07 Å². The first-order valence-corrected chi connectivity index (χ1v) is 7.28. The normalized spacial score (nSPS) is 10.4. The molecule has 0 fully saturated rings. The smallest absolute Gasteiger partial charge is 0.371 e. The highest BCUT2D eigenvalue weighted by molar-refractivity contribution is 5.84. The van der Waals surface area contributed by atoms with E-state index in [1.165, 1.54) is 11.6 Å². The number of carbonyl (C=O) groups is 1. The second kappa shape index (κ2) is 6.83. The Hall–Kier alpha value is -3.01. The van der Waals surface area contributed by atoms with Crippen LogP contribution in [0.3, 0.4) is 0 Å². The quantitative estimate of drug-likeness (QED) is 0.743. The van der Waals surface area contributed by atoms with Crippen LogP contribution in [0.25, 0.3) is 0 Å². The SMILES string of the molecule is O=C(O)c1ccc(COc2cccc(Cc3ccccc3)c2)o1. The van der Waals surface area contributed by atoms with Crippen LogP contribution in [0.4, 0.5) is 0 Å². The van der Waals surface area contributed by atoms with Gasteiger partial charge in [0, 0.05) is 0 Å². The van der Waals surface area contributed by atoms with Crippen molar-refractivity contribution >= 4 is 5.97 Å². The molecule has 3 aromatic rings. The van der Waals surface area contributed by atoms with Crippen molar-refractivity contribution in [1.82, 2.24) is 0 Å². The maximum absolute atomic E-state index is 10.8. The van der Waals surface area contributed by atoms with Crippen molar-refractivity contribution in [2.75, 3.05) is 0 Å². The number of benzene rings is 2. The standard InChI is InChI=1S/C19H16O4/c20-19(21)18-10-9-17(23-18)13-22-16-8-4-7-15(12-16)11-14-5-2-1-3-6-14/h1-10,12H,11,13H2,(H,20,21). The van der Waals surface area contributed by atoms with Crippen LogP contribution in [0.1, 0.15) is 27.4 Å². The van der Waals surface area contributed by atoms with E-state index in [0.29, 0.717) is 5.76 Å². The van der Waals surface area contributed by atoms with E-state index < -0.39 is 5.97 Å². The van der Waals surface area contributed by atoms with Crippen LogP contribution in [0.15, 0.2) is 71.1 Å². The Balaban J connectivity index is 1.64. The average Bonchev–Trinajstić information content (AvgIpc) is 3.04. The molecule has 0 saturated heterocycles. The van der Waals surface area contributed by atoms with E-state index in [4.69, 9.17) is 14.3 Å². The van der Waals surface area contributed by atoms with Crippen LogP contribution >= 0.6 is 0 Å². The number of hydrogen-bond donors (Lipinski definition) is 1. The summed E-state index contributed by atoms with van der Waals surface area (Å²) in [6, 6.07) is 21.1. The van der Waals surface area contributed by atoms with E-state index in [0.717, 1.165) is 17.7 Å². The number of carboxylic acids is 1. The monoisotopic (exact) mass is 308 g/mol. The summed E-state index contributed by atoms with van der Waals surface area (Å²) in [5.41, 5.74) is 2.39. The summed E-state index contributed by atoms with van der Waals surface area (Å²) in [4.78, 5) is 10.8. The molecule has 0 radical (unpaired) electrons. The van der Waals surface area contributed by atoms with Crippen LogP contribution < -0.4 is 4.74 Å². The molecular formula is C19H16O4. The summed E-state index contributed by atoms with van der Waals surface area (Å²) in [7, 11) is 0. The zero-order valence-electron chi connectivity index (χ0n) is 12.4. The number of aromatic carboxylic acids is 1. The Labute approximate surface area is 134 Å². The predicted octanol–water partition coefficient (Wildman–Crippen LogP) is 4.15. The van der Waals surface area contributed by atoms with Crippen molar-refractivity contribution in [1.29, 1.82) is 0 Å². The highest BCUT2D eigenvalue weighted by atomic mass is 16.5. The number of furan rings is 1. The Kier molecular flexibility index (Phi) is 4.43. The molecule has 1 heterocycles. The molecule has 23 heavy (non-hydrogen) atoms. The predicted molar refractivity (Wildman–Crippen MR) is 85.7 cm³/mol. The maximum Gasteiger partial charge on any atom is 0.371 e. The van der Waals surface area contributed by atoms with Gasteiger partial charge in [-0.25, -0.2) is 4.79 Å². The first-order valence-electron chi connectivity index (χ1n) is 7.28. The lowest BCUT2D eigenvalue weighted by molar-refractivity contribution is 0.0658. The third-order valence-electron chi connectivity index (χ3n) is 3.40. The van der Waals surface area contributed by atoms with Crippen LogP contribution in [0, 0.1) is 0 Å². The Morgan fingerprint density at radius 3 is 2.48 bits per heavy atom. The first kappa shape index (κ1) is 14.9. The van der Waals surface area contributed by atoms with Gasteiger partial charge in [0.1, 0.15) is 18.1 Å². The van der Waals surface area contributed by atoms with Gasteiger partial charge in [-0.3, -0.25) is 0 Å². The number of carboxylic acid groups (broad SMARTS) is 1. The molecule has 0 saturated carbocycles. The second-order valence-electron chi connectivity index (χ2n) is 5.17. The third kappa shape index (κ3) is 4.01. The summed E-state index contributed by atoms with van der Waals surface area (Å²) in [6.07, 6.45) is 0.835. The third-order valence-corrected chi connectivity index (χ3v) is 3.40. The van der Waals surface area contributed by atoms with E-state index in [1.807, 2.05) is 36.4 Å². The summed E-state index contributed by atoms with van der Waals surface area (Å²) in [5, 5.41) is 8.83. The van der Waals surface area contributed by atoms with Crippen LogP contribution in [-0.4, -0.2) is 11.1 Å². The number of ether oxygens (including phenoxy) is 1. The number of hydrogen-bond acceptors (Lipinski definition) is 3. The molecular weight excluding hydrogens is 292 g/mol. The molecule has 0 aliphatic rings. The minimum atomic E-state index is -1.08. The lowest BCUT2D eigenvalue weighted by Crippen LogP contribution is -1.96. The molecule has 0 amide bonds. The van der Waals surface area contributed by atoms with E-state index in [9.17, 15) is 4.79 Å². The van der Waals surface area contributed by atoms with Crippen molar-refractivity contribution in [2.45, 2.75) is 13.0 Å². The van der Waals surface area contributed by atoms with Crippen LogP contribution in [0.5, 0.6) is 5.75 Å². The molecule has 0 unspecified atom stereocenters. The van der Waals surface area contributed by atoms with Gasteiger partial charge < -0.3 is 14.3 Å². The van der Waals surface area contributed by atoms with Crippen molar-refractivity contribution in [2.24, 2.45) is 0 Å². The largest absolute Gasteiger partial charge is 0.486 e. The fourth-order valence-electron chi connectivity index (χ4n) is 2.30. The maximum atomic E-state index is 10.8. The molecule has 1 aromatic heterocycles. The molecule has 4 heteroatoms. The zero-order valence-corrected chi connectivity index (χ0v) is 12.4. The Bertz CT molecular complexity index is 790. The molecule has 3 rings (SSSR count). The lowest BCUT2D eigenvalue weighted by atomic mass is 10.1. The molecule has 116 valence electrons. The van der Waals surface area contributed by atoms with Crippen molar-refractivity contribution < 1.29 is 19.1 Å². The molecule has 1 N–H and O–H groups in total. The van der Waals surface area contributed by atoms with Gasteiger partial charge in [0.05, 0.1) is 0 Å². The van der Waals surface area contributed by atoms with Gasteiger partial charge in [0.15, 0.2) is 0 Å². The van der Waals surface area contributed by atoms with Crippen molar-refractivity contribution in [3.8, 4) is 5.75 Å². The Morgan fingerprint density at radius 1 is 0.957 bits per heavy atom. The van der Waals surface area contributed by atoms with Gasteiger partial charge in [-0.2, -0.15) is 0 Å². The molecule has 2 aromatic carbocycles. The van der Waals surface area contributed by atoms with Gasteiger partial charge in [-0.05, 0) is 41.8 Å². The van der Waals surface area contributed by atoms with E-state index in [-0.39, 0.29) is 12.4 Å². The average molecular weight is 308 g/mol. The van der Waals surface area contributed by atoms with Gasteiger partial charge >= 0.3 is 5.97 Å². The minimum absolute atomic E-state index is 0.0820. The van der Waals surface area contributed by atoms with Gasteiger partial charge in [0.2, 0.25) is 5.76 Å². The summed E-state index contributed by atoms with van der Waals surface area (Å²) in [6.45, 7) is 0.196. The van der Waals surface area contributed by atoms with Gasteiger partial charge in [0.25, 0.3) is 0 Å². The Morgan fingerprint density at radius 2 is 1.74 bits per heavy atom. The summed E-state index contributed by atoms with van der Waals surface area (Å²) in [5.74, 6) is 0.0464. The second-order valence-corrected chi connectivity index (χ2v) is 5.17. The van der Waals surface area contributed by atoms with Gasteiger partial charge in [-0.1, -0.05) is 42.5 Å².